The summed E-state index contributed by atoms with van der Waals surface area (Å²) in [5.74, 6) is 0.238. The average molecular weight is 878 g/mol. The van der Waals surface area contributed by atoms with Crippen LogP contribution in [0.1, 0.15) is 42.5 Å². The van der Waals surface area contributed by atoms with Crippen LogP contribution < -0.4 is 0 Å². The van der Waals surface area contributed by atoms with Gasteiger partial charge in [0.15, 0.2) is 11.3 Å². The molecule has 21 heteroatoms. The van der Waals surface area contributed by atoms with Crippen molar-refractivity contribution in [2.75, 3.05) is 19.5 Å². The summed E-state index contributed by atoms with van der Waals surface area (Å²) in [6, 6.07) is 14.4. The number of fused-ring (bicyclic) bond motifs is 4. The summed E-state index contributed by atoms with van der Waals surface area (Å²) in [5.41, 5.74) is 9.82. The van der Waals surface area contributed by atoms with Gasteiger partial charge in [-0.1, -0.05) is 35.5 Å². The van der Waals surface area contributed by atoms with Crippen LogP contribution in [0.2, 0.25) is 0 Å². The number of nitrogens with zero attached hydrogens (tertiary/aromatic N) is 17. The predicted octanol–water partition coefficient (Wildman–Crippen LogP) is 6.64. The first-order valence-electron chi connectivity index (χ1n) is 20.6. The predicted molar refractivity (Wildman–Crippen MR) is 237 cm³/mol. The van der Waals surface area contributed by atoms with E-state index in [-0.39, 0.29) is 11.6 Å². The van der Waals surface area contributed by atoms with Gasteiger partial charge < -0.3 is 13.5 Å². The Kier molecular flexibility index (Phi) is 9.42. The average Bonchev–Trinajstić information content (AvgIpc) is 4.12. The Labute approximate surface area is 359 Å². The van der Waals surface area contributed by atoms with Crippen LogP contribution in [0.15, 0.2) is 98.2 Å². The molecule has 0 N–H and O–H groups in total. The smallest absolute Gasteiger partial charge is 0.221 e. The van der Waals surface area contributed by atoms with Gasteiger partial charge in [0.25, 0.3) is 0 Å². The van der Waals surface area contributed by atoms with Crippen molar-refractivity contribution >= 4 is 53.4 Å². The molecule has 1 aliphatic carbocycles. The molecule has 63 heavy (non-hydrogen) atoms. The van der Waals surface area contributed by atoms with Crippen LogP contribution >= 0.6 is 14.3 Å². The zero-order chi connectivity index (χ0) is 42.9. The summed E-state index contributed by atoms with van der Waals surface area (Å²) in [6.45, 7) is 6.54. The number of aromatic nitrogens is 17. The van der Waals surface area contributed by atoms with Gasteiger partial charge in [-0.3, -0.25) is 14.3 Å². The molecule has 9 aromatic heterocycles. The van der Waals surface area contributed by atoms with E-state index in [1.807, 2.05) is 67.0 Å². The second-order valence-corrected chi connectivity index (χ2v) is 23.6. The van der Waals surface area contributed by atoms with E-state index in [1.54, 1.807) is 56.4 Å². The standard InChI is InChI=1S/C42H41N17O2P2/c1-4-62(2,60)25-56-23-31(16-46-56)36-18-44-39-41(49-36)58(53-51-39)21-27-5-8-34-29(13-27)7-9-35(48-34)30-14-33(15-30)63(3,61)26-57-24-32(17-47-57)37-19-45-40-42(50-37)59(54-52-40)22-28-6-10-38-43-11-12-55(38)20-28/h5-13,16-20,23-24,30,33H,4,14-15,21-22,25-26H2,1-3H3. The topological polar surface area (TPSA) is 213 Å². The lowest BCUT2D eigenvalue weighted by Gasteiger charge is -2.38. The number of hydrogen-bond acceptors (Lipinski definition) is 14. The van der Waals surface area contributed by atoms with Crippen molar-refractivity contribution in [2.45, 2.75) is 57.0 Å². The van der Waals surface area contributed by atoms with E-state index >= 15 is 0 Å². The molecule has 1 aliphatic rings. The fraction of sp³-hybridized carbons (Fsp3) is 0.286. The van der Waals surface area contributed by atoms with E-state index in [1.165, 1.54) is 0 Å². The molecule has 19 nitrogen and oxygen atoms in total. The molecule has 0 radical (unpaired) electrons. The van der Waals surface area contributed by atoms with E-state index < -0.39 is 14.3 Å². The molecular formula is C42H41N17O2P2. The van der Waals surface area contributed by atoms with Crippen LogP contribution in [0.4, 0.5) is 0 Å². The monoisotopic (exact) mass is 877 g/mol. The highest BCUT2D eigenvalue weighted by molar-refractivity contribution is 7.63. The lowest BCUT2D eigenvalue weighted by Crippen LogP contribution is -2.28. The summed E-state index contributed by atoms with van der Waals surface area (Å²) >= 11 is 0. The summed E-state index contributed by atoms with van der Waals surface area (Å²) in [7, 11) is -4.90. The fourth-order valence-corrected chi connectivity index (χ4v) is 11.5. The molecule has 0 spiro atoms. The first-order chi connectivity index (χ1) is 30.5. The van der Waals surface area contributed by atoms with Crippen LogP contribution in [0.3, 0.4) is 0 Å². The Balaban J connectivity index is 0.729. The van der Waals surface area contributed by atoms with Gasteiger partial charge in [0, 0.05) is 64.8 Å². The zero-order valence-electron chi connectivity index (χ0n) is 34.7. The minimum Gasteiger partial charge on any atom is -0.322 e. The third kappa shape index (κ3) is 7.61. The number of benzene rings is 1. The first-order valence-corrected chi connectivity index (χ1v) is 25.6. The van der Waals surface area contributed by atoms with Crippen LogP contribution in [0.5, 0.6) is 0 Å². The summed E-state index contributed by atoms with van der Waals surface area (Å²) < 4.78 is 35.7. The minimum absolute atomic E-state index is 0.0847. The van der Waals surface area contributed by atoms with Crippen LogP contribution in [0.25, 0.3) is 61.7 Å². The Morgan fingerprint density at radius 1 is 0.698 bits per heavy atom. The maximum absolute atomic E-state index is 14.2. The van der Waals surface area contributed by atoms with E-state index in [0.29, 0.717) is 65.8 Å². The maximum Gasteiger partial charge on any atom is 0.221 e. The highest BCUT2D eigenvalue weighted by Gasteiger charge is 2.41. The van der Waals surface area contributed by atoms with Gasteiger partial charge in [-0.25, -0.2) is 34.3 Å². The quantitative estimate of drug-likeness (QED) is 0.111. The summed E-state index contributed by atoms with van der Waals surface area (Å²) in [5, 5.41) is 27.1. The van der Waals surface area contributed by atoms with Gasteiger partial charge in [0.2, 0.25) is 11.3 Å². The fourth-order valence-electron chi connectivity index (χ4n) is 8.16. The zero-order valence-corrected chi connectivity index (χ0v) is 36.4. The lowest BCUT2D eigenvalue weighted by atomic mass is 9.82. The van der Waals surface area contributed by atoms with E-state index in [0.717, 1.165) is 57.3 Å². The third-order valence-corrected chi connectivity index (χ3v) is 17.1. The normalized spacial score (nSPS) is 17.4. The minimum atomic E-state index is -2.60. The Morgan fingerprint density at radius 3 is 2.03 bits per heavy atom. The number of imidazole rings is 1. The van der Waals surface area contributed by atoms with Crippen molar-refractivity contribution in [1.29, 1.82) is 0 Å². The van der Waals surface area contributed by atoms with E-state index in [9.17, 15) is 9.13 Å². The van der Waals surface area contributed by atoms with E-state index in [4.69, 9.17) is 15.0 Å². The highest BCUT2D eigenvalue weighted by Crippen LogP contribution is 2.60. The van der Waals surface area contributed by atoms with Crippen molar-refractivity contribution in [3.8, 4) is 22.5 Å². The second kappa shape index (κ2) is 15.2. The molecule has 2 atom stereocenters. The molecular weight excluding hydrogens is 837 g/mol. The van der Waals surface area contributed by atoms with Gasteiger partial charge in [0.05, 0.1) is 67.4 Å². The van der Waals surface area contributed by atoms with Crippen molar-refractivity contribution in [1.82, 2.24) is 83.9 Å². The molecule has 0 aliphatic heterocycles. The number of rotatable bonds is 13. The molecule has 0 amide bonds. The Morgan fingerprint density at radius 2 is 1.35 bits per heavy atom. The van der Waals surface area contributed by atoms with Gasteiger partial charge >= 0.3 is 0 Å². The van der Waals surface area contributed by atoms with E-state index in [2.05, 4.69) is 64.0 Å². The molecule has 0 saturated heterocycles. The Bertz CT molecular complexity index is 3450. The van der Waals surface area contributed by atoms with Crippen molar-refractivity contribution in [3.05, 3.63) is 115 Å². The van der Waals surface area contributed by atoms with Crippen molar-refractivity contribution < 1.29 is 9.13 Å². The molecule has 0 bridgehead atoms. The van der Waals surface area contributed by atoms with Crippen LogP contribution in [-0.4, -0.2) is 109 Å². The molecule has 316 valence electrons. The first kappa shape index (κ1) is 39.0. The number of hydrogen-bond donors (Lipinski definition) is 0. The molecule has 10 aromatic rings. The van der Waals surface area contributed by atoms with Gasteiger partial charge in [-0.15, -0.1) is 10.2 Å². The largest absolute Gasteiger partial charge is 0.322 e. The van der Waals surface area contributed by atoms with Gasteiger partial charge in [0.1, 0.15) is 19.9 Å². The molecule has 1 saturated carbocycles. The van der Waals surface area contributed by atoms with Crippen molar-refractivity contribution in [2.24, 2.45) is 0 Å². The molecule has 11 rings (SSSR count). The SMILES string of the molecule is CCP(C)(=O)Cn1cc(-c2cnc3nnn(Cc4ccc5nc(C6CC(P(C)(=O)Cn7cc(-c8cnc9nnn(Cc%10ccc%11nccn%11c%10)c9n8)cn7)C6)ccc5c4)c3n2)cn1. The molecule has 1 aromatic carbocycles. The lowest BCUT2D eigenvalue weighted by molar-refractivity contribution is 0.401. The summed E-state index contributed by atoms with van der Waals surface area (Å²) in [4.78, 5) is 28.0. The Hall–Kier alpha value is -6.84. The van der Waals surface area contributed by atoms with Crippen LogP contribution in [-0.2, 0) is 34.8 Å². The van der Waals surface area contributed by atoms with Gasteiger partial charge in [-0.05, 0) is 67.7 Å². The highest BCUT2D eigenvalue weighted by atomic mass is 31.2. The maximum atomic E-state index is 14.2. The molecule has 9 heterocycles. The van der Waals surface area contributed by atoms with Crippen LogP contribution in [0, 0.1) is 0 Å². The molecule has 2 unspecified atom stereocenters. The van der Waals surface area contributed by atoms with Gasteiger partial charge in [-0.2, -0.15) is 10.2 Å². The van der Waals surface area contributed by atoms with Crippen molar-refractivity contribution in [3.63, 3.8) is 0 Å². The molecule has 1 fully saturated rings. The number of pyridine rings is 2. The summed E-state index contributed by atoms with van der Waals surface area (Å²) in [6.07, 6.45) is 19.2. The third-order valence-electron chi connectivity index (χ3n) is 12.0. The second-order valence-electron chi connectivity index (χ2n) is 16.7.